The van der Waals surface area contributed by atoms with Crippen molar-refractivity contribution >= 4 is 15.9 Å². The average Bonchev–Trinajstić information content (AvgIpc) is 2.43. The lowest BCUT2D eigenvalue weighted by Gasteiger charge is -2.19. The molecule has 3 heteroatoms. The van der Waals surface area contributed by atoms with Gasteiger partial charge < -0.3 is 0 Å². The van der Waals surface area contributed by atoms with Gasteiger partial charge in [-0.25, -0.2) is 5.43 Å². The van der Waals surface area contributed by atoms with Crippen molar-refractivity contribution in [3.8, 4) is 0 Å². The molecule has 0 aliphatic rings. The van der Waals surface area contributed by atoms with Gasteiger partial charge >= 0.3 is 0 Å². The Balaban J connectivity index is 2.34. The van der Waals surface area contributed by atoms with E-state index in [-0.39, 0.29) is 6.04 Å². The number of nitrogens with two attached hydrogens (primary N) is 1. The molecule has 0 amide bonds. The summed E-state index contributed by atoms with van der Waals surface area (Å²) in [4.78, 5) is 0. The Morgan fingerprint density at radius 3 is 2.43 bits per heavy atom. The molecule has 2 nitrogen and oxygen atoms in total. The number of hydrogen-bond acceptors (Lipinski definition) is 2. The molecule has 0 saturated carbocycles. The molecule has 0 spiro atoms. The second-order valence-corrected chi connectivity index (χ2v) is 6.81. The van der Waals surface area contributed by atoms with Gasteiger partial charge in [0.15, 0.2) is 0 Å². The Morgan fingerprint density at radius 1 is 1.10 bits per heavy atom. The Labute approximate surface area is 135 Å². The Kier molecular flexibility index (Phi) is 5.57. The van der Waals surface area contributed by atoms with Gasteiger partial charge in [0.1, 0.15) is 0 Å². The monoisotopic (exact) mass is 346 g/mol. The van der Waals surface area contributed by atoms with E-state index in [1.165, 1.54) is 22.3 Å². The van der Waals surface area contributed by atoms with Gasteiger partial charge in [0.25, 0.3) is 0 Å². The van der Waals surface area contributed by atoms with Gasteiger partial charge in [0.2, 0.25) is 0 Å². The molecule has 0 aliphatic heterocycles. The van der Waals surface area contributed by atoms with Crippen molar-refractivity contribution < 1.29 is 0 Å². The van der Waals surface area contributed by atoms with Gasteiger partial charge in [-0.1, -0.05) is 66.2 Å². The van der Waals surface area contributed by atoms with Crippen LogP contribution in [0.5, 0.6) is 0 Å². The number of hydrazine groups is 1. The summed E-state index contributed by atoms with van der Waals surface area (Å²) in [6, 6.07) is 15.1. The molecule has 0 radical (unpaired) electrons. The van der Waals surface area contributed by atoms with Crippen molar-refractivity contribution in [1.82, 2.24) is 5.43 Å². The molecular formula is C18H23BrN2. The molecule has 21 heavy (non-hydrogen) atoms. The molecule has 0 heterocycles. The lowest BCUT2D eigenvalue weighted by Crippen LogP contribution is -2.29. The first-order valence-corrected chi connectivity index (χ1v) is 8.11. The fourth-order valence-corrected chi connectivity index (χ4v) is 2.85. The lowest BCUT2D eigenvalue weighted by molar-refractivity contribution is 0.627. The minimum Gasteiger partial charge on any atom is -0.271 e. The van der Waals surface area contributed by atoms with Crippen molar-refractivity contribution in [2.45, 2.75) is 33.2 Å². The lowest BCUT2D eigenvalue weighted by atomic mass is 9.94. The van der Waals surface area contributed by atoms with E-state index in [0.29, 0.717) is 5.92 Å². The Morgan fingerprint density at radius 2 is 1.81 bits per heavy atom. The van der Waals surface area contributed by atoms with Crippen molar-refractivity contribution in [3.05, 3.63) is 69.2 Å². The second kappa shape index (κ2) is 7.21. The highest BCUT2D eigenvalue weighted by atomic mass is 79.9. The quantitative estimate of drug-likeness (QED) is 0.617. The van der Waals surface area contributed by atoms with E-state index in [4.69, 9.17) is 5.84 Å². The standard InChI is InChI=1S/C18H23BrN2/c1-12(2)9-14-5-4-6-15(11-14)18(21-20)16-7-8-17(19)13(3)10-16/h4-8,10-12,18,21H,9,20H2,1-3H3. The number of nitrogens with one attached hydrogen (secondary N) is 1. The maximum Gasteiger partial charge on any atom is 0.0710 e. The third kappa shape index (κ3) is 4.16. The third-order valence-corrected chi connectivity index (χ3v) is 4.50. The zero-order chi connectivity index (χ0) is 15.4. The first kappa shape index (κ1) is 16.2. The van der Waals surface area contributed by atoms with Gasteiger partial charge in [-0.05, 0) is 47.6 Å². The highest BCUT2D eigenvalue weighted by Gasteiger charge is 2.14. The summed E-state index contributed by atoms with van der Waals surface area (Å²) < 4.78 is 1.12. The molecule has 1 unspecified atom stereocenters. The van der Waals surface area contributed by atoms with Crippen molar-refractivity contribution in [1.29, 1.82) is 0 Å². The van der Waals surface area contributed by atoms with Gasteiger partial charge in [-0.3, -0.25) is 5.84 Å². The molecule has 2 aromatic rings. The van der Waals surface area contributed by atoms with Crippen LogP contribution in [0.1, 0.15) is 42.1 Å². The summed E-state index contributed by atoms with van der Waals surface area (Å²) in [6.07, 6.45) is 1.09. The van der Waals surface area contributed by atoms with Crippen LogP contribution in [0.4, 0.5) is 0 Å². The molecule has 0 bridgehead atoms. The minimum absolute atomic E-state index is 0.0175. The summed E-state index contributed by atoms with van der Waals surface area (Å²) in [5.41, 5.74) is 7.90. The Bertz CT molecular complexity index is 608. The van der Waals surface area contributed by atoms with Gasteiger partial charge in [-0.2, -0.15) is 0 Å². The van der Waals surface area contributed by atoms with E-state index >= 15 is 0 Å². The van der Waals surface area contributed by atoms with Gasteiger partial charge in [0, 0.05) is 4.47 Å². The molecular weight excluding hydrogens is 324 g/mol. The molecule has 0 saturated heterocycles. The molecule has 0 fully saturated rings. The molecule has 1 atom stereocenters. The zero-order valence-corrected chi connectivity index (χ0v) is 14.4. The van der Waals surface area contributed by atoms with E-state index in [2.05, 4.69) is 84.6 Å². The number of benzene rings is 2. The predicted octanol–water partition coefficient (Wildman–Crippen LogP) is 4.51. The van der Waals surface area contributed by atoms with E-state index in [0.717, 1.165) is 10.9 Å². The van der Waals surface area contributed by atoms with E-state index < -0.39 is 0 Å². The average molecular weight is 347 g/mol. The molecule has 0 aromatic heterocycles. The number of aryl methyl sites for hydroxylation is 1. The van der Waals surface area contributed by atoms with Crippen molar-refractivity contribution in [2.75, 3.05) is 0 Å². The molecule has 2 rings (SSSR count). The van der Waals surface area contributed by atoms with E-state index in [1.807, 2.05) is 0 Å². The molecule has 2 aromatic carbocycles. The fraction of sp³-hybridized carbons (Fsp3) is 0.333. The van der Waals surface area contributed by atoms with Crippen LogP contribution >= 0.6 is 15.9 Å². The SMILES string of the molecule is Cc1cc(C(NN)c2cccc(CC(C)C)c2)ccc1Br. The third-order valence-electron chi connectivity index (χ3n) is 3.61. The van der Waals surface area contributed by atoms with Gasteiger partial charge in [0.05, 0.1) is 6.04 Å². The zero-order valence-electron chi connectivity index (χ0n) is 12.9. The van der Waals surface area contributed by atoms with Crippen LogP contribution in [0.15, 0.2) is 46.9 Å². The predicted molar refractivity (Wildman–Crippen MR) is 93.0 cm³/mol. The first-order chi connectivity index (χ1) is 10.0. The smallest absolute Gasteiger partial charge is 0.0710 e. The fourth-order valence-electron chi connectivity index (χ4n) is 2.60. The van der Waals surface area contributed by atoms with Crippen LogP contribution in [0, 0.1) is 12.8 Å². The number of hydrogen-bond donors (Lipinski definition) is 2. The summed E-state index contributed by atoms with van der Waals surface area (Å²) in [5.74, 6) is 6.47. The molecule has 112 valence electrons. The van der Waals surface area contributed by atoms with Crippen LogP contribution in [0.3, 0.4) is 0 Å². The van der Waals surface area contributed by atoms with Gasteiger partial charge in [-0.15, -0.1) is 0 Å². The van der Waals surface area contributed by atoms with Crippen LogP contribution in [0.25, 0.3) is 0 Å². The largest absolute Gasteiger partial charge is 0.271 e. The minimum atomic E-state index is 0.0175. The maximum atomic E-state index is 5.81. The van der Waals surface area contributed by atoms with Crippen LogP contribution in [-0.2, 0) is 6.42 Å². The highest BCUT2D eigenvalue weighted by molar-refractivity contribution is 9.10. The highest BCUT2D eigenvalue weighted by Crippen LogP contribution is 2.26. The van der Waals surface area contributed by atoms with Crippen molar-refractivity contribution in [3.63, 3.8) is 0 Å². The topological polar surface area (TPSA) is 38.0 Å². The van der Waals surface area contributed by atoms with Crippen molar-refractivity contribution in [2.24, 2.45) is 11.8 Å². The molecule has 3 N–H and O–H groups in total. The first-order valence-electron chi connectivity index (χ1n) is 7.32. The van der Waals surface area contributed by atoms with Crippen LogP contribution in [-0.4, -0.2) is 0 Å². The van der Waals surface area contributed by atoms with Crippen LogP contribution in [0.2, 0.25) is 0 Å². The number of rotatable bonds is 5. The summed E-state index contributed by atoms with van der Waals surface area (Å²) >= 11 is 3.54. The normalized spacial score (nSPS) is 12.7. The maximum absolute atomic E-state index is 5.81. The summed E-state index contributed by atoms with van der Waals surface area (Å²) in [6.45, 7) is 6.57. The summed E-state index contributed by atoms with van der Waals surface area (Å²) in [7, 11) is 0. The van der Waals surface area contributed by atoms with E-state index in [9.17, 15) is 0 Å². The number of halogens is 1. The molecule has 0 aliphatic carbocycles. The second-order valence-electron chi connectivity index (χ2n) is 5.95. The summed E-state index contributed by atoms with van der Waals surface area (Å²) in [5, 5.41) is 0. The Hall–Kier alpha value is -1.16. The van der Waals surface area contributed by atoms with E-state index in [1.54, 1.807) is 0 Å². The van der Waals surface area contributed by atoms with Crippen LogP contribution < -0.4 is 11.3 Å².